The van der Waals surface area contributed by atoms with E-state index in [0.29, 0.717) is 24.0 Å². The van der Waals surface area contributed by atoms with Crippen molar-refractivity contribution >= 4 is 11.0 Å². The average Bonchev–Trinajstić information content (AvgIpc) is 2.40. The van der Waals surface area contributed by atoms with Gasteiger partial charge in [-0.05, 0) is 31.9 Å². The highest BCUT2D eigenvalue weighted by Crippen LogP contribution is 2.40. The number of hydrogen-bond donors (Lipinski definition) is 0. The molecule has 0 bridgehead atoms. The molecule has 20 heavy (non-hydrogen) atoms. The molecular formula is C16H16F2O2. The molecule has 1 fully saturated rings. The molecule has 1 aliphatic rings. The fourth-order valence-electron chi connectivity index (χ4n) is 2.74. The lowest BCUT2D eigenvalue weighted by molar-refractivity contribution is -0.0395. The summed E-state index contributed by atoms with van der Waals surface area (Å²) < 4.78 is 40.0. The highest BCUT2D eigenvalue weighted by Gasteiger charge is 2.36. The third-order valence-electron chi connectivity index (χ3n) is 3.93. The molecule has 0 N–H and O–H groups in total. The van der Waals surface area contributed by atoms with Crippen LogP contribution in [0.2, 0.25) is 0 Å². The molecular weight excluding hydrogens is 262 g/mol. The van der Waals surface area contributed by atoms with Crippen molar-refractivity contribution in [3.05, 3.63) is 45.8 Å². The minimum atomic E-state index is -2.61. The second-order valence-corrected chi connectivity index (χ2v) is 5.56. The lowest BCUT2D eigenvalue weighted by Gasteiger charge is -2.27. The Balaban J connectivity index is 2.04. The summed E-state index contributed by atoms with van der Waals surface area (Å²) in [7, 11) is 0. The van der Waals surface area contributed by atoms with Gasteiger partial charge < -0.3 is 4.42 Å². The average molecular weight is 279 g/mol. The van der Waals surface area contributed by atoms with Gasteiger partial charge in [0.05, 0.1) is 6.76 Å². The molecule has 1 aliphatic carbocycles. The largest absolute Gasteiger partial charge is 0.461 e. The van der Waals surface area contributed by atoms with E-state index in [1.807, 2.05) is 6.92 Å². The first kappa shape index (κ1) is 12.1. The van der Waals surface area contributed by atoms with Gasteiger partial charge in [-0.1, -0.05) is 11.6 Å². The summed E-state index contributed by atoms with van der Waals surface area (Å²) >= 11 is 0. The van der Waals surface area contributed by atoms with Crippen LogP contribution in [0.3, 0.4) is 0 Å². The second kappa shape index (κ2) is 4.69. The third-order valence-corrected chi connectivity index (χ3v) is 3.93. The maximum Gasteiger partial charge on any atom is 0.248 e. The Morgan fingerprint density at radius 2 is 2.05 bits per heavy atom. The van der Waals surface area contributed by atoms with Crippen LogP contribution in [0.5, 0.6) is 0 Å². The van der Waals surface area contributed by atoms with E-state index in [-0.39, 0.29) is 35.8 Å². The van der Waals surface area contributed by atoms with E-state index in [0.717, 1.165) is 5.56 Å². The molecule has 0 radical (unpaired) electrons. The van der Waals surface area contributed by atoms with Gasteiger partial charge in [-0.25, -0.2) is 8.78 Å². The van der Waals surface area contributed by atoms with Crippen LogP contribution in [0.4, 0.5) is 8.78 Å². The lowest BCUT2D eigenvalue weighted by atomic mass is 9.85. The molecule has 1 saturated carbocycles. The molecule has 1 aromatic heterocycles. The quantitative estimate of drug-likeness (QED) is 0.774. The van der Waals surface area contributed by atoms with Crippen molar-refractivity contribution in [1.29, 1.82) is 0 Å². The van der Waals surface area contributed by atoms with Crippen LogP contribution >= 0.6 is 0 Å². The van der Waals surface area contributed by atoms with Crippen LogP contribution in [-0.4, -0.2) is 5.92 Å². The molecule has 0 unspecified atom stereocenters. The first-order valence-electron chi connectivity index (χ1n) is 7.28. The van der Waals surface area contributed by atoms with Crippen molar-refractivity contribution in [3.63, 3.8) is 0 Å². The predicted molar refractivity (Wildman–Crippen MR) is 73.4 cm³/mol. The molecule has 0 atom stereocenters. The van der Waals surface area contributed by atoms with Gasteiger partial charge in [0.1, 0.15) is 11.3 Å². The van der Waals surface area contributed by atoms with E-state index in [9.17, 15) is 13.6 Å². The highest BCUT2D eigenvalue weighted by atomic mass is 19.3. The summed E-state index contributed by atoms with van der Waals surface area (Å²) in [5, 5.41) is 0.380. The molecule has 0 saturated heterocycles. The van der Waals surface area contributed by atoms with Crippen molar-refractivity contribution in [1.82, 2.24) is 0 Å². The van der Waals surface area contributed by atoms with Gasteiger partial charge in [-0.2, -0.15) is 0 Å². The Labute approximate surface area is 116 Å². The zero-order valence-corrected chi connectivity index (χ0v) is 11.2. The van der Waals surface area contributed by atoms with E-state index in [1.54, 1.807) is 12.1 Å². The van der Waals surface area contributed by atoms with E-state index in [1.165, 1.54) is 6.07 Å². The van der Waals surface area contributed by atoms with Gasteiger partial charge in [-0.3, -0.25) is 4.79 Å². The number of halogens is 2. The van der Waals surface area contributed by atoms with E-state index >= 15 is 0 Å². The molecule has 3 rings (SSSR count). The molecule has 1 aromatic carbocycles. The van der Waals surface area contributed by atoms with E-state index in [4.69, 9.17) is 5.79 Å². The minimum absolute atomic E-state index is 0.157. The van der Waals surface area contributed by atoms with Gasteiger partial charge in [0.15, 0.2) is 5.43 Å². The van der Waals surface area contributed by atoms with E-state index < -0.39 is 5.92 Å². The Bertz CT molecular complexity index is 742. The monoisotopic (exact) mass is 279 g/mol. The summed E-state index contributed by atoms with van der Waals surface area (Å²) in [6.45, 7) is 1.81. The number of rotatable bonds is 1. The standard InChI is InChI=1S/C16H16F2O2/c1-10-2-3-14-12(8-10)13(19)9-15(20-14)11-4-6-16(17,18)7-5-11/h2-3,8-9,11H,4-7H2,1H3/i3D. The van der Waals surface area contributed by atoms with Crippen LogP contribution in [-0.2, 0) is 0 Å². The summed E-state index contributed by atoms with van der Waals surface area (Å²) in [6.07, 6.45) is 0.253. The maximum atomic E-state index is 13.2. The fourth-order valence-corrected chi connectivity index (χ4v) is 2.74. The SMILES string of the molecule is [2H]c1cc(C)cc2c(=O)cc(C3CCC(F)(F)CC3)oc12. The normalized spacial score (nSPS) is 20.1. The number of benzene rings is 1. The Morgan fingerprint density at radius 1 is 1.35 bits per heavy atom. The number of hydrogen-bond acceptors (Lipinski definition) is 2. The summed E-state index contributed by atoms with van der Waals surface area (Å²) in [4.78, 5) is 12.2. The van der Waals surface area contributed by atoms with Gasteiger partial charge in [0.2, 0.25) is 5.92 Å². The zero-order chi connectivity index (χ0) is 15.2. The van der Waals surface area contributed by atoms with Crippen LogP contribution in [0, 0.1) is 6.92 Å². The van der Waals surface area contributed by atoms with Crippen LogP contribution < -0.4 is 5.43 Å². The maximum absolute atomic E-state index is 13.2. The van der Waals surface area contributed by atoms with Crippen molar-refractivity contribution in [2.24, 2.45) is 0 Å². The highest BCUT2D eigenvalue weighted by molar-refractivity contribution is 5.77. The molecule has 4 heteroatoms. The van der Waals surface area contributed by atoms with Crippen molar-refractivity contribution in [2.75, 3.05) is 0 Å². The minimum Gasteiger partial charge on any atom is -0.461 e. The van der Waals surface area contributed by atoms with Gasteiger partial charge in [0.25, 0.3) is 0 Å². The number of aryl methyl sites for hydroxylation is 1. The van der Waals surface area contributed by atoms with Gasteiger partial charge in [0, 0.05) is 24.8 Å². The van der Waals surface area contributed by atoms with Gasteiger partial charge in [-0.15, -0.1) is 0 Å². The van der Waals surface area contributed by atoms with Crippen LogP contribution in [0.1, 0.15) is 44.3 Å². The predicted octanol–water partition coefficient (Wildman–Crippen LogP) is 4.39. The van der Waals surface area contributed by atoms with Crippen molar-refractivity contribution in [2.45, 2.75) is 44.4 Å². The summed E-state index contributed by atoms with van der Waals surface area (Å²) in [5.74, 6) is -2.34. The van der Waals surface area contributed by atoms with Crippen molar-refractivity contribution < 1.29 is 14.6 Å². The zero-order valence-electron chi connectivity index (χ0n) is 12.2. The molecule has 106 valence electrons. The molecule has 2 nitrogen and oxygen atoms in total. The molecule has 1 heterocycles. The Morgan fingerprint density at radius 3 is 2.75 bits per heavy atom. The van der Waals surface area contributed by atoms with Crippen molar-refractivity contribution in [3.8, 4) is 0 Å². The summed E-state index contributed by atoms with van der Waals surface area (Å²) in [6, 6.07) is 4.88. The lowest BCUT2D eigenvalue weighted by Crippen LogP contribution is -2.24. The van der Waals surface area contributed by atoms with Crippen LogP contribution in [0.15, 0.2) is 33.5 Å². The Kier molecular flexibility index (Phi) is 2.83. The van der Waals surface area contributed by atoms with E-state index in [2.05, 4.69) is 0 Å². The molecule has 0 spiro atoms. The topological polar surface area (TPSA) is 30.2 Å². The van der Waals surface area contributed by atoms with Gasteiger partial charge >= 0.3 is 0 Å². The first-order valence-corrected chi connectivity index (χ1v) is 6.78. The summed E-state index contributed by atoms with van der Waals surface area (Å²) in [5.41, 5.74) is 0.867. The first-order chi connectivity index (χ1) is 9.85. The van der Waals surface area contributed by atoms with Crippen LogP contribution in [0.25, 0.3) is 11.0 Å². The molecule has 0 amide bonds. The second-order valence-electron chi connectivity index (χ2n) is 5.56. The number of fused-ring (bicyclic) bond motifs is 1. The Hall–Kier alpha value is -1.71. The third kappa shape index (κ3) is 2.47. The fraction of sp³-hybridized carbons (Fsp3) is 0.438. The molecule has 0 aliphatic heterocycles. The number of alkyl halides is 2. The molecule has 2 aromatic rings. The smallest absolute Gasteiger partial charge is 0.248 e.